The molecule has 1 aliphatic rings. The van der Waals surface area contributed by atoms with E-state index in [-0.39, 0.29) is 6.04 Å². The number of primary sulfonamides is 1. The first-order chi connectivity index (χ1) is 9.68. The number of carbonyl (C=O) groups is 1. The minimum absolute atomic E-state index is 0.0688. The van der Waals surface area contributed by atoms with Gasteiger partial charge in [-0.25, -0.2) is 22.3 Å². The predicted molar refractivity (Wildman–Crippen MR) is 69.0 cm³/mol. The zero-order chi connectivity index (χ0) is 15.8. The zero-order valence-corrected chi connectivity index (χ0v) is 11.9. The number of benzene rings is 1. The van der Waals surface area contributed by atoms with Gasteiger partial charge in [0.05, 0.1) is 0 Å². The minimum atomic E-state index is -4.40. The molecule has 1 atom stereocenters. The highest BCUT2D eigenvalue weighted by molar-refractivity contribution is 7.89. The molecule has 0 saturated heterocycles. The first kappa shape index (κ1) is 15.6. The fourth-order valence-corrected chi connectivity index (χ4v) is 2.32. The molecule has 9 heteroatoms. The lowest BCUT2D eigenvalue weighted by Crippen LogP contribution is -2.38. The van der Waals surface area contributed by atoms with Crippen LogP contribution in [-0.4, -0.2) is 26.5 Å². The summed E-state index contributed by atoms with van der Waals surface area (Å²) < 4.78 is 54.6. The van der Waals surface area contributed by atoms with Gasteiger partial charge in [0, 0.05) is 12.1 Å². The van der Waals surface area contributed by atoms with Gasteiger partial charge in [0.25, 0.3) is 5.91 Å². The van der Waals surface area contributed by atoms with E-state index in [0.29, 0.717) is 12.1 Å². The molecule has 1 fully saturated rings. The number of hydrogen-bond donors (Lipinski definition) is 2. The van der Waals surface area contributed by atoms with Crippen LogP contribution in [0, 0.1) is 11.6 Å². The van der Waals surface area contributed by atoms with Gasteiger partial charge in [-0.2, -0.15) is 0 Å². The van der Waals surface area contributed by atoms with Gasteiger partial charge in [0.2, 0.25) is 10.0 Å². The third-order valence-corrected chi connectivity index (χ3v) is 3.78. The Morgan fingerprint density at radius 2 is 2.05 bits per heavy atom. The van der Waals surface area contributed by atoms with Gasteiger partial charge in [-0.3, -0.25) is 4.79 Å². The first-order valence-corrected chi connectivity index (χ1v) is 7.72. The highest BCUT2D eigenvalue weighted by Gasteiger charge is 2.29. The molecule has 1 saturated carbocycles. The molecular formula is C12H14F2N2O4S. The fourth-order valence-electron chi connectivity index (χ4n) is 1.64. The smallest absolute Gasteiger partial charge is 0.260 e. The molecule has 0 bridgehead atoms. The summed E-state index contributed by atoms with van der Waals surface area (Å²) in [6, 6.07) is 1.06. The second-order valence-corrected chi connectivity index (χ2v) is 6.33. The van der Waals surface area contributed by atoms with Gasteiger partial charge in [-0.1, -0.05) is 0 Å². The van der Waals surface area contributed by atoms with Gasteiger partial charge >= 0.3 is 0 Å². The van der Waals surface area contributed by atoms with E-state index >= 15 is 0 Å². The second kappa shape index (κ2) is 5.57. The van der Waals surface area contributed by atoms with Crippen molar-refractivity contribution in [3.05, 3.63) is 23.8 Å². The van der Waals surface area contributed by atoms with Crippen molar-refractivity contribution in [1.29, 1.82) is 0 Å². The number of nitrogens with two attached hydrogens (primary N) is 1. The molecule has 1 aliphatic carbocycles. The van der Waals surface area contributed by atoms with E-state index in [1.165, 1.54) is 6.92 Å². The molecule has 6 nitrogen and oxygen atoms in total. The molecule has 3 N–H and O–H groups in total. The van der Waals surface area contributed by atoms with Crippen molar-refractivity contribution in [3.8, 4) is 5.75 Å². The molecule has 1 aromatic carbocycles. The maximum atomic E-state index is 13.7. The zero-order valence-electron chi connectivity index (χ0n) is 11.1. The summed E-state index contributed by atoms with van der Waals surface area (Å²) >= 11 is 0. The summed E-state index contributed by atoms with van der Waals surface area (Å²) in [7, 11) is -4.40. The number of sulfonamides is 1. The van der Waals surface area contributed by atoms with Crippen molar-refractivity contribution in [2.75, 3.05) is 0 Å². The van der Waals surface area contributed by atoms with Crippen LogP contribution in [-0.2, 0) is 14.8 Å². The summed E-state index contributed by atoms with van der Waals surface area (Å²) in [5.41, 5.74) is 0. The van der Waals surface area contributed by atoms with Crippen LogP contribution in [0.5, 0.6) is 5.75 Å². The number of nitrogens with one attached hydrogen (secondary N) is 1. The third-order valence-electron chi connectivity index (χ3n) is 2.87. The van der Waals surface area contributed by atoms with Gasteiger partial charge in [0.15, 0.2) is 17.7 Å². The summed E-state index contributed by atoms with van der Waals surface area (Å²) in [6.45, 7) is 1.33. The Labute approximate surface area is 120 Å². The molecule has 1 amide bonds. The van der Waals surface area contributed by atoms with E-state index in [0.717, 1.165) is 12.8 Å². The summed E-state index contributed by atoms with van der Waals surface area (Å²) in [5, 5.41) is 7.52. The van der Waals surface area contributed by atoms with E-state index < -0.39 is 44.3 Å². The largest absolute Gasteiger partial charge is 0.476 e. The Hall–Kier alpha value is -1.74. The van der Waals surface area contributed by atoms with Crippen molar-refractivity contribution in [3.63, 3.8) is 0 Å². The van der Waals surface area contributed by atoms with E-state index in [4.69, 9.17) is 9.88 Å². The molecule has 1 unspecified atom stereocenters. The molecule has 0 spiro atoms. The van der Waals surface area contributed by atoms with E-state index in [1.54, 1.807) is 0 Å². The van der Waals surface area contributed by atoms with Crippen LogP contribution in [0.15, 0.2) is 17.0 Å². The van der Waals surface area contributed by atoms with Crippen LogP contribution < -0.4 is 15.2 Å². The molecule has 1 aromatic rings. The lowest BCUT2D eigenvalue weighted by Gasteiger charge is -2.17. The monoisotopic (exact) mass is 320 g/mol. The highest BCUT2D eigenvalue weighted by atomic mass is 32.2. The number of halogens is 2. The van der Waals surface area contributed by atoms with Crippen molar-refractivity contribution < 1.29 is 26.7 Å². The quantitative estimate of drug-likeness (QED) is 0.832. The molecule has 0 heterocycles. The second-order valence-electron chi connectivity index (χ2n) is 4.80. The van der Waals surface area contributed by atoms with Crippen LogP contribution in [0.4, 0.5) is 8.78 Å². The van der Waals surface area contributed by atoms with E-state index in [2.05, 4.69) is 5.32 Å². The van der Waals surface area contributed by atoms with Crippen molar-refractivity contribution in [2.24, 2.45) is 5.14 Å². The standard InChI is InChI=1S/C12H14F2N2O4S/c1-6(12(17)16-8-2-3-8)20-11-9(14)4-7(13)5-10(11)21(15,18)19/h4-6,8H,2-3H2,1H3,(H,16,17)(H2,15,18,19). The topological polar surface area (TPSA) is 98.5 Å². The van der Waals surface area contributed by atoms with Crippen LogP contribution in [0.2, 0.25) is 0 Å². The lowest BCUT2D eigenvalue weighted by molar-refractivity contribution is -0.127. The number of carbonyl (C=O) groups excluding carboxylic acids is 1. The maximum Gasteiger partial charge on any atom is 0.260 e. The number of amides is 1. The molecule has 0 aromatic heterocycles. The number of rotatable bonds is 5. The van der Waals surface area contributed by atoms with Crippen molar-refractivity contribution in [2.45, 2.75) is 36.8 Å². The Morgan fingerprint density at radius 3 is 2.57 bits per heavy atom. The lowest BCUT2D eigenvalue weighted by atomic mass is 10.3. The number of ether oxygens (including phenoxy) is 1. The van der Waals surface area contributed by atoms with Crippen LogP contribution >= 0.6 is 0 Å². The average molecular weight is 320 g/mol. The Kier molecular flexibility index (Phi) is 4.15. The summed E-state index contributed by atoms with van der Waals surface area (Å²) in [4.78, 5) is 10.9. The predicted octanol–water partition coefficient (Wildman–Crippen LogP) is 0.658. The van der Waals surface area contributed by atoms with Gasteiger partial charge in [-0.05, 0) is 25.8 Å². The SMILES string of the molecule is CC(Oc1c(F)cc(F)cc1S(N)(=O)=O)C(=O)NC1CC1. The molecule has 0 radical (unpaired) electrons. The first-order valence-electron chi connectivity index (χ1n) is 6.17. The van der Waals surface area contributed by atoms with E-state index in [9.17, 15) is 22.0 Å². The molecule has 116 valence electrons. The number of hydrogen-bond acceptors (Lipinski definition) is 4. The van der Waals surface area contributed by atoms with Crippen molar-refractivity contribution in [1.82, 2.24) is 5.32 Å². The van der Waals surface area contributed by atoms with Crippen molar-refractivity contribution >= 4 is 15.9 Å². The van der Waals surface area contributed by atoms with Gasteiger partial charge < -0.3 is 10.1 Å². The highest BCUT2D eigenvalue weighted by Crippen LogP contribution is 2.29. The summed E-state index contributed by atoms with van der Waals surface area (Å²) in [5.74, 6) is -3.64. The van der Waals surface area contributed by atoms with Gasteiger partial charge in [-0.15, -0.1) is 0 Å². The van der Waals surface area contributed by atoms with Crippen LogP contribution in [0.3, 0.4) is 0 Å². The van der Waals surface area contributed by atoms with Crippen LogP contribution in [0.1, 0.15) is 19.8 Å². The average Bonchev–Trinajstić information content (AvgIpc) is 3.14. The normalized spacial score (nSPS) is 16.4. The van der Waals surface area contributed by atoms with Gasteiger partial charge in [0.1, 0.15) is 10.7 Å². The Bertz CT molecular complexity index is 674. The van der Waals surface area contributed by atoms with Crippen LogP contribution in [0.25, 0.3) is 0 Å². The maximum absolute atomic E-state index is 13.7. The molecule has 0 aliphatic heterocycles. The molecule has 2 rings (SSSR count). The third kappa shape index (κ3) is 3.88. The Balaban J connectivity index is 2.27. The fraction of sp³-hybridized carbons (Fsp3) is 0.417. The molecular weight excluding hydrogens is 306 g/mol. The summed E-state index contributed by atoms with van der Waals surface area (Å²) in [6.07, 6.45) is 0.559. The minimum Gasteiger partial charge on any atom is -0.476 e. The molecule has 21 heavy (non-hydrogen) atoms. The van der Waals surface area contributed by atoms with E-state index in [1.807, 2.05) is 0 Å². The Morgan fingerprint density at radius 1 is 1.43 bits per heavy atom.